The van der Waals surface area contributed by atoms with Crippen molar-refractivity contribution >= 4 is 0 Å². The molecule has 0 saturated carbocycles. The zero-order chi connectivity index (χ0) is 8.97. The van der Waals surface area contributed by atoms with E-state index in [2.05, 4.69) is 19.1 Å². The molecule has 0 fully saturated rings. The lowest BCUT2D eigenvalue weighted by molar-refractivity contribution is 0.227. The van der Waals surface area contributed by atoms with Crippen molar-refractivity contribution in [2.24, 2.45) is 11.8 Å². The zero-order valence-electron chi connectivity index (χ0n) is 7.58. The Kier molecular flexibility index (Phi) is 3.11. The standard InChI is InChI=1S/C10H15NO/c1-3-9-6-4-5-8(2)10(7-9)12-11/h4-7,9H,3,11H2,1-2H3. The van der Waals surface area contributed by atoms with Crippen LogP contribution < -0.4 is 5.90 Å². The van der Waals surface area contributed by atoms with Gasteiger partial charge in [-0.1, -0.05) is 25.2 Å². The normalized spacial score (nSPS) is 22.8. The fourth-order valence-corrected chi connectivity index (χ4v) is 1.19. The molecule has 0 aromatic heterocycles. The maximum absolute atomic E-state index is 5.14. The average Bonchev–Trinajstić information content (AvgIpc) is 2.27. The molecule has 2 N–H and O–H groups in total. The van der Waals surface area contributed by atoms with Gasteiger partial charge < -0.3 is 4.84 Å². The van der Waals surface area contributed by atoms with Gasteiger partial charge >= 0.3 is 0 Å². The van der Waals surface area contributed by atoms with Crippen LogP contribution in [-0.2, 0) is 4.84 Å². The summed E-state index contributed by atoms with van der Waals surface area (Å²) in [5, 5.41) is 0. The van der Waals surface area contributed by atoms with Gasteiger partial charge in [0.15, 0.2) is 0 Å². The summed E-state index contributed by atoms with van der Waals surface area (Å²) >= 11 is 0. The van der Waals surface area contributed by atoms with Crippen LogP contribution in [0.15, 0.2) is 35.6 Å². The maximum atomic E-state index is 5.14. The van der Waals surface area contributed by atoms with Crippen molar-refractivity contribution in [1.82, 2.24) is 0 Å². The Morgan fingerprint density at radius 2 is 2.33 bits per heavy atom. The first kappa shape index (κ1) is 9.07. The van der Waals surface area contributed by atoms with Gasteiger partial charge in [-0.25, -0.2) is 0 Å². The fourth-order valence-electron chi connectivity index (χ4n) is 1.19. The Labute approximate surface area is 73.4 Å². The third-order valence-electron chi connectivity index (χ3n) is 2.06. The van der Waals surface area contributed by atoms with Gasteiger partial charge in [0.25, 0.3) is 0 Å². The van der Waals surface area contributed by atoms with E-state index in [1.54, 1.807) is 0 Å². The van der Waals surface area contributed by atoms with Crippen LogP contribution >= 0.6 is 0 Å². The molecular formula is C10H15NO. The van der Waals surface area contributed by atoms with Gasteiger partial charge in [-0.2, -0.15) is 5.90 Å². The van der Waals surface area contributed by atoms with Crippen LogP contribution in [0.2, 0.25) is 0 Å². The van der Waals surface area contributed by atoms with E-state index in [9.17, 15) is 0 Å². The van der Waals surface area contributed by atoms with Crippen LogP contribution in [-0.4, -0.2) is 0 Å². The van der Waals surface area contributed by atoms with E-state index in [-0.39, 0.29) is 0 Å². The highest BCUT2D eigenvalue weighted by Gasteiger charge is 2.06. The summed E-state index contributed by atoms with van der Waals surface area (Å²) in [5.41, 5.74) is 1.07. The summed E-state index contributed by atoms with van der Waals surface area (Å²) in [6, 6.07) is 0. The number of nitrogens with two attached hydrogens (primary N) is 1. The van der Waals surface area contributed by atoms with E-state index in [0.717, 1.165) is 17.8 Å². The lowest BCUT2D eigenvalue weighted by Gasteiger charge is -2.06. The van der Waals surface area contributed by atoms with E-state index >= 15 is 0 Å². The van der Waals surface area contributed by atoms with Crippen LogP contribution in [0.5, 0.6) is 0 Å². The van der Waals surface area contributed by atoms with Gasteiger partial charge in [-0.3, -0.25) is 0 Å². The highest BCUT2D eigenvalue weighted by atomic mass is 16.6. The summed E-state index contributed by atoms with van der Waals surface area (Å²) in [4.78, 5) is 4.77. The van der Waals surface area contributed by atoms with Crippen molar-refractivity contribution in [3.8, 4) is 0 Å². The van der Waals surface area contributed by atoms with Gasteiger partial charge in [0.2, 0.25) is 0 Å². The Hall–Kier alpha value is -1.02. The Morgan fingerprint density at radius 1 is 1.58 bits per heavy atom. The van der Waals surface area contributed by atoms with Crippen molar-refractivity contribution in [3.63, 3.8) is 0 Å². The van der Waals surface area contributed by atoms with Gasteiger partial charge in [0.05, 0.1) is 0 Å². The molecular weight excluding hydrogens is 150 g/mol. The molecule has 0 bridgehead atoms. The van der Waals surface area contributed by atoms with E-state index in [0.29, 0.717) is 5.92 Å². The van der Waals surface area contributed by atoms with Crippen LogP contribution in [0.3, 0.4) is 0 Å². The van der Waals surface area contributed by atoms with Crippen LogP contribution in [0, 0.1) is 5.92 Å². The van der Waals surface area contributed by atoms with Crippen LogP contribution in [0.1, 0.15) is 20.3 Å². The molecule has 0 spiro atoms. The van der Waals surface area contributed by atoms with Gasteiger partial charge in [0.1, 0.15) is 5.76 Å². The molecule has 1 unspecified atom stereocenters. The zero-order valence-corrected chi connectivity index (χ0v) is 7.58. The molecule has 2 nitrogen and oxygen atoms in total. The molecule has 0 aromatic carbocycles. The minimum Gasteiger partial charge on any atom is -0.412 e. The van der Waals surface area contributed by atoms with E-state index in [4.69, 9.17) is 10.7 Å². The second-order valence-corrected chi connectivity index (χ2v) is 2.96. The third kappa shape index (κ3) is 1.98. The van der Waals surface area contributed by atoms with Gasteiger partial charge in [-0.05, 0) is 30.9 Å². The average molecular weight is 165 g/mol. The molecule has 0 aliphatic heterocycles. The van der Waals surface area contributed by atoms with Gasteiger partial charge in [-0.15, -0.1) is 0 Å². The lowest BCUT2D eigenvalue weighted by atomic mass is 10.1. The largest absolute Gasteiger partial charge is 0.412 e. The lowest BCUT2D eigenvalue weighted by Crippen LogP contribution is -2.02. The molecule has 66 valence electrons. The SMILES string of the molecule is CCC1C=CC=C(C)C(ON)=C1. The van der Waals surface area contributed by atoms with Crippen molar-refractivity contribution in [2.75, 3.05) is 0 Å². The minimum absolute atomic E-state index is 0.442. The maximum Gasteiger partial charge on any atom is 0.146 e. The summed E-state index contributed by atoms with van der Waals surface area (Å²) in [6.45, 7) is 4.13. The second-order valence-electron chi connectivity index (χ2n) is 2.96. The van der Waals surface area contributed by atoms with Crippen molar-refractivity contribution < 1.29 is 4.84 Å². The van der Waals surface area contributed by atoms with Crippen LogP contribution in [0.4, 0.5) is 0 Å². The smallest absolute Gasteiger partial charge is 0.146 e. The number of hydrogen-bond acceptors (Lipinski definition) is 2. The molecule has 12 heavy (non-hydrogen) atoms. The topological polar surface area (TPSA) is 35.2 Å². The Bertz CT molecular complexity index is 238. The van der Waals surface area contributed by atoms with E-state index in [1.807, 2.05) is 19.1 Å². The molecule has 0 amide bonds. The molecule has 0 radical (unpaired) electrons. The third-order valence-corrected chi connectivity index (χ3v) is 2.06. The molecule has 1 rings (SSSR count). The number of allylic oxidation sites excluding steroid dienone is 5. The molecule has 0 aromatic rings. The van der Waals surface area contributed by atoms with E-state index < -0.39 is 0 Å². The fraction of sp³-hybridized carbons (Fsp3) is 0.400. The van der Waals surface area contributed by atoms with Gasteiger partial charge in [0, 0.05) is 0 Å². The highest BCUT2D eigenvalue weighted by molar-refractivity contribution is 5.32. The second kappa shape index (κ2) is 4.12. The molecule has 0 saturated heterocycles. The minimum atomic E-state index is 0.442. The first-order valence-electron chi connectivity index (χ1n) is 4.22. The molecule has 1 aliphatic carbocycles. The summed E-state index contributed by atoms with van der Waals surface area (Å²) in [6.07, 6.45) is 9.33. The number of rotatable bonds is 2. The molecule has 1 aliphatic rings. The van der Waals surface area contributed by atoms with Crippen molar-refractivity contribution in [1.29, 1.82) is 0 Å². The first-order chi connectivity index (χ1) is 5.77. The summed E-state index contributed by atoms with van der Waals surface area (Å²) in [5.74, 6) is 6.37. The molecule has 2 heteroatoms. The Balaban J connectivity index is 2.86. The summed E-state index contributed by atoms with van der Waals surface area (Å²) < 4.78 is 0. The number of hydrogen-bond donors (Lipinski definition) is 1. The summed E-state index contributed by atoms with van der Waals surface area (Å²) in [7, 11) is 0. The van der Waals surface area contributed by atoms with Crippen LogP contribution in [0.25, 0.3) is 0 Å². The highest BCUT2D eigenvalue weighted by Crippen LogP contribution is 2.19. The molecule has 0 heterocycles. The predicted octanol–water partition coefficient (Wildman–Crippen LogP) is 2.30. The Morgan fingerprint density at radius 3 is 2.92 bits per heavy atom. The quantitative estimate of drug-likeness (QED) is 0.637. The van der Waals surface area contributed by atoms with E-state index in [1.165, 1.54) is 0 Å². The molecule has 1 atom stereocenters. The van der Waals surface area contributed by atoms with Crippen molar-refractivity contribution in [3.05, 3.63) is 35.6 Å². The van der Waals surface area contributed by atoms with Crippen molar-refractivity contribution in [2.45, 2.75) is 20.3 Å². The predicted molar refractivity (Wildman–Crippen MR) is 50.0 cm³/mol. The first-order valence-corrected chi connectivity index (χ1v) is 4.22. The monoisotopic (exact) mass is 165 g/mol.